The third kappa shape index (κ3) is 6.50. The number of hydrogen-bond donors (Lipinski definition) is 0. The van der Waals surface area contributed by atoms with Gasteiger partial charge >= 0.3 is 0 Å². The third-order valence-electron chi connectivity index (χ3n) is 12.8. The first-order chi connectivity index (χ1) is 31.4. The monoisotopic (exact) mass is 856 g/mol. The molecule has 0 fully saturated rings. The van der Waals surface area contributed by atoms with Crippen molar-refractivity contribution >= 4 is 103 Å². The van der Waals surface area contributed by atoms with Crippen LogP contribution in [0, 0.1) is 0 Å². The smallest absolute Gasteiger partial charge is 0.135 e. The van der Waals surface area contributed by atoms with Crippen LogP contribution in [0.4, 0.5) is 34.1 Å². The summed E-state index contributed by atoms with van der Waals surface area (Å²) >= 11 is 1.88. The number of para-hydroxylation sites is 3. The van der Waals surface area contributed by atoms with Gasteiger partial charge in [0.15, 0.2) is 0 Å². The SMILES string of the molecule is C[Si](C)(C)c1ccc(N(c2ccccc2)c2ccc3c(c2)Sc2cccc4c2c-3cc2ccc(N(c3ccc5oc6ccccc6c5c3)c3ccccc3-c3ccccc3)cc24)cc1. The minimum Gasteiger partial charge on any atom is -0.456 e. The first-order valence-corrected chi connectivity index (χ1v) is 26.3. The van der Waals surface area contributed by atoms with Gasteiger partial charge in [0, 0.05) is 60.0 Å². The molecule has 0 saturated carbocycles. The lowest BCUT2D eigenvalue weighted by atomic mass is 9.92. The maximum absolute atomic E-state index is 6.31. The van der Waals surface area contributed by atoms with Gasteiger partial charge in [-0.3, -0.25) is 0 Å². The summed E-state index contributed by atoms with van der Waals surface area (Å²) in [6.45, 7) is 7.22. The Balaban J connectivity index is 1.01. The molecule has 1 aromatic heterocycles. The number of benzene rings is 10. The fourth-order valence-electron chi connectivity index (χ4n) is 9.62. The first kappa shape index (κ1) is 38.4. The van der Waals surface area contributed by atoms with Crippen molar-refractivity contribution in [3.8, 4) is 22.3 Å². The van der Waals surface area contributed by atoms with Crippen LogP contribution >= 0.6 is 11.8 Å². The molecule has 10 aromatic carbocycles. The van der Waals surface area contributed by atoms with Crippen LogP contribution in [0.1, 0.15) is 0 Å². The summed E-state index contributed by atoms with van der Waals surface area (Å²) in [6.07, 6.45) is 0. The topological polar surface area (TPSA) is 19.6 Å². The fourth-order valence-corrected chi connectivity index (χ4v) is 12.0. The lowest BCUT2D eigenvalue weighted by molar-refractivity contribution is 0.669. The molecular weight excluding hydrogens is 813 g/mol. The minimum atomic E-state index is -1.44. The Kier molecular flexibility index (Phi) is 9.11. The zero-order valence-electron chi connectivity index (χ0n) is 35.9. The molecule has 0 amide bonds. The molecule has 0 N–H and O–H groups in total. The quantitative estimate of drug-likeness (QED) is 0.112. The van der Waals surface area contributed by atoms with Gasteiger partial charge in [0.2, 0.25) is 0 Å². The Morgan fingerprint density at radius 3 is 1.83 bits per heavy atom. The number of fused-ring (bicyclic) bond motifs is 7. The molecule has 306 valence electrons. The predicted octanol–water partition coefficient (Wildman–Crippen LogP) is 17.2. The Labute approximate surface area is 378 Å². The van der Waals surface area contributed by atoms with E-state index in [1.165, 1.54) is 58.8 Å². The Morgan fingerprint density at radius 2 is 1.02 bits per heavy atom. The summed E-state index contributed by atoms with van der Waals surface area (Å²) in [5.41, 5.74) is 13.4. The van der Waals surface area contributed by atoms with E-state index in [1.807, 2.05) is 23.9 Å². The molecule has 0 atom stereocenters. The van der Waals surface area contributed by atoms with Crippen molar-refractivity contribution in [3.63, 3.8) is 0 Å². The second-order valence-corrected chi connectivity index (χ2v) is 23.9. The van der Waals surface area contributed by atoms with E-state index in [9.17, 15) is 0 Å². The molecule has 1 aliphatic rings. The van der Waals surface area contributed by atoms with Crippen LogP contribution in [0.2, 0.25) is 19.6 Å². The van der Waals surface area contributed by atoms with Gasteiger partial charge in [0.25, 0.3) is 0 Å². The summed E-state index contributed by atoms with van der Waals surface area (Å²) in [5, 5.41) is 8.69. The standard InChI is InChI=1S/C59H44N2OSSi/c1-64(2,3)46-31-27-42(28-32-46)60(41-17-8-5-9-18-41)45-29-33-49-53-35-40-25-26-43(36-51(40)50-21-14-24-57(59(50)53)63-58(49)38-45)61(54-22-12-10-19-47(54)39-15-6-4-7-16-39)44-30-34-56-52(37-44)48-20-11-13-23-55(48)62-56/h4-38H,1-3H3. The molecule has 0 aliphatic carbocycles. The Hall–Kier alpha value is -7.31. The molecule has 1 aliphatic heterocycles. The zero-order valence-corrected chi connectivity index (χ0v) is 37.7. The van der Waals surface area contributed by atoms with Crippen LogP contribution in [-0.4, -0.2) is 8.07 Å². The maximum Gasteiger partial charge on any atom is 0.135 e. The van der Waals surface area contributed by atoms with Gasteiger partial charge in [-0.25, -0.2) is 0 Å². The van der Waals surface area contributed by atoms with Crippen molar-refractivity contribution in [1.29, 1.82) is 0 Å². The number of hydrogen-bond acceptors (Lipinski definition) is 4. The molecule has 0 spiro atoms. The second kappa shape index (κ2) is 15.2. The summed E-state index contributed by atoms with van der Waals surface area (Å²) in [4.78, 5) is 7.35. The van der Waals surface area contributed by atoms with Crippen molar-refractivity contribution in [2.24, 2.45) is 0 Å². The van der Waals surface area contributed by atoms with E-state index in [0.29, 0.717) is 0 Å². The van der Waals surface area contributed by atoms with Gasteiger partial charge in [0.05, 0.1) is 13.8 Å². The third-order valence-corrected chi connectivity index (χ3v) is 16.0. The van der Waals surface area contributed by atoms with Crippen LogP contribution in [-0.2, 0) is 0 Å². The average Bonchev–Trinajstić information content (AvgIpc) is 3.71. The second-order valence-electron chi connectivity index (χ2n) is 17.8. The van der Waals surface area contributed by atoms with E-state index >= 15 is 0 Å². The van der Waals surface area contributed by atoms with Crippen molar-refractivity contribution in [3.05, 3.63) is 212 Å². The summed E-state index contributed by atoms with van der Waals surface area (Å²) in [6, 6.07) is 77.6. The number of rotatable bonds is 8. The van der Waals surface area contributed by atoms with Crippen LogP contribution in [0.3, 0.4) is 0 Å². The highest BCUT2D eigenvalue weighted by Crippen LogP contribution is 2.52. The fraction of sp³-hybridized carbons (Fsp3) is 0.0508. The Morgan fingerprint density at radius 1 is 0.391 bits per heavy atom. The van der Waals surface area contributed by atoms with Gasteiger partial charge in [-0.15, -0.1) is 0 Å². The van der Waals surface area contributed by atoms with Crippen LogP contribution in [0.25, 0.3) is 65.7 Å². The first-order valence-electron chi connectivity index (χ1n) is 22.0. The Bertz CT molecular complexity index is 3580. The van der Waals surface area contributed by atoms with Gasteiger partial charge in [-0.2, -0.15) is 0 Å². The van der Waals surface area contributed by atoms with E-state index in [4.69, 9.17) is 4.42 Å². The van der Waals surface area contributed by atoms with E-state index in [0.717, 1.165) is 56.1 Å². The van der Waals surface area contributed by atoms with E-state index < -0.39 is 8.07 Å². The molecule has 11 aromatic rings. The molecular formula is C59H44N2OSSi. The van der Waals surface area contributed by atoms with Gasteiger partial charge in [-0.1, -0.05) is 158 Å². The molecule has 3 nitrogen and oxygen atoms in total. The molecule has 0 unspecified atom stereocenters. The van der Waals surface area contributed by atoms with Crippen LogP contribution in [0.5, 0.6) is 0 Å². The number of furan rings is 1. The zero-order chi connectivity index (χ0) is 42.9. The van der Waals surface area contributed by atoms with Crippen molar-refractivity contribution in [2.45, 2.75) is 29.4 Å². The van der Waals surface area contributed by atoms with E-state index in [1.54, 1.807) is 0 Å². The molecule has 64 heavy (non-hydrogen) atoms. The summed E-state index contributed by atoms with van der Waals surface area (Å²) < 4.78 is 6.31. The van der Waals surface area contributed by atoms with E-state index in [-0.39, 0.29) is 0 Å². The maximum atomic E-state index is 6.31. The molecule has 2 heterocycles. The van der Waals surface area contributed by atoms with Gasteiger partial charge in [0.1, 0.15) is 11.2 Å². The summed E-state index contributed by atoms with van der Waals surface area (Å²) in [5.74, 6) is 0. The van der Waals surface area contributed by atoms with Gasteiger partial charge in [-0.05, 0) is 124 Å². The molecule has 12 rings (SSSR count). The van der Waals surface area contributed by atoms with Crippen molar-refractivity contribution in [1.82, 2.24) is 0 Å². The average molecular weight is 857 g/mol. The van der Waals surface area contributed by atoms with E-state index in [2.05, 4.69) is 230 Å². The van der Waals surface area contributed by atoms with Crippen LogP contribution in [0.15, 0.2) is 227 Å². The molecule has 0 bridgehead atoms. The lowest BCUT2D eigenvalue weighted by Gasteiger charge is -2.29. The number of nitrogens with zero attached hydrogens (tertiary/aromatic N) is 2. The lowest BCUT2D eigenvalue weighted by Crippen LogP contribution is -2.37. The summed E-state index contributed by atoms with van der Waals surface area (Å²) in [7, 11) is -1.44. The molecule has 0 radical (unpaired) electrons. The van der Waals surface area contributed by atoms with Crippen molar-refractivity contribution < 1.29 is 4.42 Å². The van der Waals surface area contributed by atoms with Gasteiger partial charge < -0.3 is 14.2 Å². The normalized spacial score (nSPS) is 12.2. The highest BCUT2D eigenvalue weighted by molar-refractivity contribution is 7.99. The predicted molar refractivity (Wildman–Crippen MR) is 276 cm³/mol. The molecule has 0 saturated heterocycles. The highest BCUT2D eigenvalue weighted by Gasteiger charge is 2.25. The highest BCUT2D eigenvalue weighted by atomic mass is 32.2. The molecule has 5 heteroatoms. The van der Waals surface area contributed by atoms with Crippen molar-refractivity contribution in [2.75, 3.05) is 9.80 Å². The minimum absolute atomic E-state index is 0.883. The number of anilines is 6. The van der Waals surface area contributed by atoms with Crippen LogP contribution < -0.4 is 15.0 Å². The largest absolute Gasteiger partial charge is 0.456 e.